The van der Waals surface area contributed by atoms with Gasteiger partial charge < -0.3 is 9.47 Å². The summed E-state index contributed by atoms with van der Waals surface area (Å²) in [7, 11) is 0. The van der Waals surface area contributed by atoms with Gasteiger partial charge in [0.15, 0.2) is 18.1 Å². The van der Waals surface area contributed by atoms with Crippen molar-refractivity contribution in [3.8, 4) is 11.5 Å². The van der Waals surface area contributed by atoms with Gasteiger partial charge in [-0.15, -0.1) is 0 Å². The lowest BCUT2D eigenvalue weighted by molar-refractivity contribution is -0.384. The molecule has 0 atom stereocenters. The van der Waals surface area contributed by atoms with E-state index in [2.05, 4.69) is 10.5 Å². The first-order chi connectivity index (χ1) is 12.8. The number of rotatable bonds is 6. The van der Waals surface area contributed by atoms with E-state index in [0.717, 1.165) is 12.0 Å². The minimum Gasteiger partial charge on any atom is -0.483 e. The summed E-state index contributed by atoms with van der Waals surface area (Å²) in [6.07, 6.45) is 2.11. The maximum atomic E-state index is 11.9. The molecule has 0 saturated heterocycles. The zero-order valence-electron chi connectivity index (χ0n) is 15.0. The number of carbonyl (C=O) groups is 1. The van der Waals surface area contributed by atoms with Crippen LogP contribution in [0.4, 0.5) is 5.69 Å². The number of hydrogen-bond acceptors (Lipinski definition) is 6. The van der Waals surface area contributed by atoms with E-state index in [1.807, 2.05) is 26.0 Å². The maximum Gasteiger partial charge on any atom is 0.277 e. The first-order valence-corrected chi connectivity index (χ1v) is 8.34. The molecular weight excluding hydrogens is 350 g/mol. The van der Waals surface area contributed by atoms with E-state index in [1.165, 1.54) is 18.3 Å². The molecule has 8 nitrogen and oxygen atoms in total. The summed E-state index contributed by atoms with van der Waals surface area (Å²) in [6.45, 7) is 3.75. The number of hydrazone groups is 1. The van der Waals surface area contributed by atoms with Crippen molar-refractivity contribution in [3.63, 3.8) is 0 Å². The number of nitro benzene ring substituents is 1. The molecule has 0 spiro atoms. The van der Waals surface area contributed by atoms with Crippen molar-refractivity contribution in [1.82, 2.24) is 5.43 Å². The van der Waals surface area contributed by atoms with Crippen LogP contribution < -0.4 is 14.9 Å². The average molecular weight is 369 g/mol. The monoisotopic (exact) mass is 369 g/mol. The van der Waals surface area contributed by atoms with Crippen molar-refractivity contribution in [2.24, 2.45) is 5.10 Å². The Morgan fingerprint density at radius 2 is 2.15 bits per heavy atom. The smallest absolute Gasteiger partial charge is 0.277 e. The standard InChI is InChI=1S/C19H19N3O5/c1-19(2)10-14-6-4-8-16(18(14)27-19)26-12-17(23)21-20-11-13-5-3-7-15(9-13)22(24)25/h3-9,11H,10,12H2,1-2H3,(H,21,23)/b20-11+. The number of ether oxygens (including phenoxy) is 2. The lowest BCUT2D eigenvalue weighted by Gasteiger charge is -2.18. The molecule has 0 fully saturated rings. The lowest BCUT2D eigenvalue weighted by atomic mass is 10.0. The molecule has 0 saturated carbocycles. The Labute approximate surface area is 155 Å². The number of nitrogens with zero attached hydrogens (tertiary/aromatic N) is 2. The van der Waals surface area contributed by atoms with Crippen molar-refractivity contribution in [2.75, 3.05) is 6.61 Å². The zero-order valence-corrected chi connectivity index (χ0v) is 15.0. The van der Waals surface area contributed by atoms with Gasteiger partial charge in [0.25, 0.3) is 11.6 Å². The number of carbonyl (C=O) groups excluding carboxylic acids is 1. The van der Waals surface area contributed by atoms with Crippen LogP contribution in [0.2, 0.25) is 0 Å². The molecule has 1 aliphatic rings. The van der Waals surface area contributed by atoms with E-state index in [4.69, 9.17) is 9.47 Å². The minimum atomic E-state index is -0.495. The van der Waals surface area contributed by atoms with Crippen LogP contribution in [0, 0.1) is 10.1 Å². The van der Waals surface area contributed by atoms with Gasteiger partial charge in [-0.05, 0) is 19.9 Å². The van der Waals surface area contributed by atoms with E-state index in [1.54, 1.807) is 18.2 Å². The molecule has 0 aromatic heterocycles. The summed E-state index contributed by atoms with van der Waals surface area (Å²) in [5.74, 6) is 0.720. The SMILES string of the molecule is CC1(C)Cc2cccc(OCC(=O)N/N=C/c3cccc([N+](=O)[O-])c3)c2O1. The fourth-order valence-electron chi connectivity index (χ4n) is 2.77. The highest BCUT2D eigenvalue weighted by atomic mass is 16.6. The quantitative estimate of drug-likeness (QED) is 0.479. The number of benzene rings is 2. The Bertz CT molecular complexity index is 908. The molecule has 2 aromatic carbocycles. The number of fused-ring (bicyclic) bond motifs is 1. The van der Waals surface area contributed by atoms with Gasteiger partial charge in [0, 0.05) is 29.7 Å². The second-order valence-electron chi connectivity index (χ2n) is 6.72. The molecule has 0 aliphatic carbocycles. The first-order valence-electron chi connectivity index (χ1n) is 8.34. The number of non-ortho nitro benzene ring substituents is 1. The lowest BCUT2D eigenvalue weighted by Crippen LogP contribution is -2.26. The summed E-state index contributed by atoms with van der Waals surface area (Å²) in [4.78, 5) is 22.2. The van der Waals surface area contributed by atoms with Gasteiger partial charge in [-0.3, -0.25) is 14.9 Å². The van der Waals surface area contributed by atoms with E-state index >= 15 is 0 Å². The molecule has 8 heteroatoms. The second-order valence-corrected chi connectivity index (χ2v) is 6.72. The Balaban J connectivity index is 1.55. The number of nitro groups is 1. The first kappa shape index (κ1) is 18.4. The predicted molar refractivity (Wildman–Crippen MR) is 99.2 cm³/mol. The van der Waals surface area contributed by atoms with Crippen molar-refractivity contribution in [2.45, 2.75) is 25.9 Å². The van der Waals surface area contributed by atoms with E-state index in [-0.39, 0.29) is 17.9 Å². The average Bonchev–Trinajstić information content (AvgIpc) is 2.94. The van der Waals surface area contributed by atoms with Crippen LogP contribution in [0.25, 0.3) is 0 Å². The number of hydrogen-bond donors (Lipinski definition) is 1. The molecule has 1 heterocycles. The van der Waals surface area contributed by atoms with Gasteiger partial charge in [0.2, 0.25) is 0 Å². The molecule has 1 aliphatic heterocycles. The van der Waals surface area contributed by atoms with E-state index < -0.39 is 10.8 Å². The van der Waals surface area contributed by atoms with Crippen molar-refractivity contribution >= 4 is 17.8 Å². The largest absolute Gasteiger partial charge is 0.483 e. The van der Waals surface area contributed by atoms with Crippen LogP contribution in [-0.4, -0.2) is 29.3 Å². The van der Waals surface area contributed by atoms with Gasteiger partial charge in [0.05, 0.1) is 11.1 Å². The highest BCUT2D eigenvalue weighted by molar-refractivity contribution is 5.83. The Morgan fingerprint density at radius 3 is 2.93 bits per heavy atom. The van der Waals surface area contributed by atoms with Gasteiger partial charge in [-0.1, -0.05) is 24.3 Å². The second kappa shape index (κ2) is 7.45. The third-order valence-corrected chi connectivity index (χ3v) is 3.90. The Hall–Kier alpha value is -3.42. The third-order valence-electron chi connectivity index (χ3n) is 3.90. The number of nitrogens with one attached hydrogen (secondary N) is 1. The third kappa shape index (κ3) is 4.60. The molecule has 27 heavy (non-hydrogen) atoms. The van der Waals surface area contributed by atoms with Crippen molar-refractivity contribution in [3.05, 3.63) is 63.7 Å². The van der Waals surface area contributed by atoms with Crippen LogP contribution >= 0.6 is 0 Å². The highest BCUT2D eigenvalue weighted by Gasteiger charge is 2.32. The molecule has 0 bridgehead atoms. The molecule has 140 valence electrons. The predicted octanol–water partition coefficient (Wildman–Crippen LogP) is 2.84. The summed E-state index contributed by atoms with van der Waals surface area (Å²) >= 11 is 0. The van der Waals surface area contributed by atoms with Gasteiger partial charge in [-0.2, -0.15) is 5.10 Å². The van der Waals surface area contributed by atoms with Crippen molar-refractivity contribution < 1.29 is 19.2 Å². The summed E-state index contributed by atoms with van der Waals surface area (Å²) in [6, 6.07) is 11.5. The minimum absolute atomic E-state index is 0.0468. The summed E-state index contributed by atoms with van der Waals surface area (Å²) in [5, 5.41) is 14.5. The van der Waals surface area contributed by atoms with Gasteiger partial charge in [0.1, 0.15) is 5.60 Å². The van der Waals surface area contributed by atoms with E-state index in [0.29, 0.717) is 17.1 Å². The fourth-order valence-corrected chi connectivity index (χ4v) is 2.77. The Kier molecular flexibility index (Phi) is 5.07. The van der Waals surface area contributed by atoms with Crippen LogP contribution in [-0.2, 0) is 11.2 Å². The topological polar surface area (TPSA) is 103 Å². The van der Waals surface area contributed by atoms with Crippen LogP contribution in [0.1, 0.15) is 25.0 Å². The molecular formula is C19H19N3O5. The van der Waals surface area contributed by atoms with Gasteiger partial charge in [-0.25, -0.2) is 5.43 Å². The van der Waals surface area contributed by atoms with Crippen LogP contribution in [0.15, 0.2) is 47.6 Å². The molecule has 1 amide bonds. The fraction of sp³-hybridized carbons (Fsp3) is 0.263. The molecule has 0 unspecified atom stereocenters. The molecule has 1 N–H and O–H groups in total. The van der Waals surface area contributed by atoms with Crippen LogP contribution in [0.3, 0.4) is 0 Å². The van der Waals surface area contributed by atoms with E-state index in [9.17, 15) is 14.9 Å². The van der Waals surface area contributed by atoms with Gasteiger partial charge >= 0.3 is 0 Å². The number of para-hydroxylation sites is 1. The summed E-state index contributed by atoms with van der Waals surface area (Å²) in [5.41, 5.74) is 3.53. The normalized spacial score (nSPS) is 14.4. The highest BCUT2D eigenvalue weighted by Crippen LogP contribution is 2.41. The summed E-state index contributed by atoms with van der Waals surface area (Å²) < 4.78 is 11.4. The molecule has 3 rings (SSSR count). The number of amides is 1. The molecule has 2 aromatic rings. The zero-order chi connectivity index (χ0) is 19.4. The molecule has 0 radical (unpaired) electrons. The van der Waals surface area contributed by atoms with Crippen LogP contribution in [0.5, 0.6) is 11.5 Å². The van der Waals surface area contributed by atoms with Crippen molar-refractivity contribution in [1.29, 1.82) is 0 Å². The maximum absolute atomic E-state index is 11.9. The Morgan fingerprint density at radius 1 is 1.37 bits per heavy atom.